The lowest BCUT2D eigenvalue weighted by Crippen LogP contribution is -2.10. The zero-order valence-electron chi connectivity index (χ0n) is 38.0. The van der Waals surface area contributed by atoms with E-state index in [1.54, 1.807) is 0 Å². The summed E-state index contributed by atoms with van der Waals surface area (Å²) in [7, 11) is 0. The molecule has 0 unspecified atom stereocenters. The second-order valence-corrected chi connectivity index (χ2v) is 18.1. The first-order valence-electron chi connectivity index (χ1n) is 23.9. The predicted molar refractivity (Wildman–Crippen MR) is 293 cm³/mol. The van der Waals surface area contributed by atoms with Crippen LogP contribution >= 0.6 is 0 Å². The van der Waals surface area contributed by atoms with Crippen molar-refractivity contribution >= 4 is 66.4 Å². The van der Waals surface area contributed by atoms with Gasteiger partial charge >= 0.3 is 0 Å². The van der Waals surface area contributed by atoms with Gasteiger partial charge < -0.3 is 9.80 Å². The van der Waals surface area contributed by atoms with Crippen LogP contribution in [0.1, 0.15) is 11.1 Å². The minimum Gasteiger partial charge on any atom is -0.311 e. The molecular weight excluding hydrogens is 833 g/mol. The highest BCUT2D eigenvalue weighted by Crippen LogP contribution is 2.46. The van der Waals surface area contributed by atoms with Crippen LogP contribution in [0.3, 0.4) is 0 Å². The number of fused-ring (bicyclic) bond motifs is 7. The molecule has 0 heterocycles. The van der Waals surface area contributed by atoms with Crippen LogP contribution in [0.5, 0.6) is 0 Å². The van der Waals surface area contributed by atoms with Crippen LogP contribution in [0, 0.1) is 0 Å². The zero-order chi connectivity index (χ0) is 45.7. The van der Waals surface area contributed by atoms with Crippen molar-refractivity contribution < 1.29 is 0 Å². The van der Waals surface area contributed by atoms with Crippen molar-refractivity contribution in [1.82, 2.24) is 0 Å². The van der Waals surface area contributed by atoms with Crippen molar-refractivity contribution in [1.29, 1.82) is 0 Å². The van der Waals surface area contributed by atoms with E-state index in [9.17, 15) is 0 Å². The molecule has 2 heteroatoms. The Morgan fingerprint density at radius 1 is 0.246 bits per heavy atom. The van der Waals surface area contributed by atoms with Crippen LogP contribution in [0.25, 0.3) is 76.8 Å². The minimum absolute atomic E-state index is 0.949. The molecule has 0 aliphatic heterocycles. The smallest absolute Gasteiger partial charge is 0.0540 e. The molecule has 0 amide bonds. The van der Waals surface area contributed by atoms with Crippen molar-refractivity contribution in [3.05, 3.63) is 278 Å². The van der Waals surface area contributed by atoms with E-state index in [1.807, 2.05) is 0 Å². The normalized spacial score (nSPS) is 11.7. The molecule has 13 rings (SSSR count). The summed E-state index contributed by atoms with van der Waals surface area (Å²) >= 11 is 0. The summed E-state index contributed by atoms with van der Waals surface area (Å²) in [5.41, 5.74) is 19.3. The van der Waals surface area contributed by atoms with Crippen LogP contribution in [-0.4, -0.2) is 0 Å². The molecule has 0 saturated carbocycles. The van der Waals surface area contributed by atoms with Gasteiger partial charge in [0, 0.05) is 33.8 Å². The van der Waals surface area contributed by atoms with Gasteiger partial charge in [-0.25, -0.2) is 0 Å². The molecule has 0 atom stereocenters. The van der Waals surface area contributed by atoms with Crippen molar-refractivity contribution in [3.63, 3.8) is 0 Å². The summed E-state index contributed by atoms with van der Waals surface area (Å²) < 4.78 is 0. The Bertz CT molecular complexity index is 3830. The van der Waals surface area contributed by atoms with Gasteiger partial charge in [-0.3, -0.25) is 0 Å². The molecule has 2 nitrogen and oxygen atoms in total. The fraction of sp³-hybridized carbons (Fsp3) is 0.0149. The topological polar surface area (TPSA) is 6.48 Å². The van der Waals surface area contributed by atoms with Gasteiger partial charge in [0.1, 0.15) is 0 Å². The molecule has 12 aromatic rings. The lowest BCUT2D eigenvalue weighted by atomic mass is 9.98. The highest BCUT2D eigenvalue weighted by molar-refractivity contribution is 6.01. The third-order valence-electron chi connectivity index (χ3n) is 14.1. The largest absolute Gasteiger partial charge is 0.311 e. The first kappa shape index (κ1) is 40.3. The van der Waals surface area contributed by atoms with Gasteiger partial charge in [0.2, 0.25) is 0 Å². The van der Waals surface area contributed by atoms with Crippen LogP contribution < -0.4 is 9.80 Å². The maximum Gasteiger partial charge on any atom is 0.0540 e. The Hall–Kier alpha value is -8.98. The molecule has 12 aromatic carbocycles. The van der Waals surface area contributed by atoms with Gasteiger partial charge in [-0.2, -0.15) is 0 Å². The molecule has 0 radical (unpaired) electrons. The molecule has 1 aliphatic carbocycles. The predicted octanol–water partition coefficient (Wildman–Crippen LogP) is 18.7. The molecule has 0 aromatic heterocycles. The molecule has 69 heavy (non-hydrogen) atoms. The molecule has 0 saturated heterocycles. The van der Waals surface area contributed by atoms with Crippen molar-refractivity contribution in [2.75, 3.05) is 9.80 Å². The molecule has 324 valence electrons. The van der Waals surface area contributed by atoms with E-state index < -0.39 is 0 Å². The molecule has 0 spiro atoms. The molecule has 0 fully saturated rings. The first-order valence-corrected chi connectivity index (χ1v) is 23.9. The number of hydrogen-bond acceptors (Lipinski definition) is 2. The van der Waals surface area contributed by atoms with E-state index in [1.165, 1.54) is 76.8 Å². The van der Waals surface area contributed by atoms with Gasteiger partial charge in [0.15, 0.2) is 0 Å². The van der Waals surface area contributed by atoms with Crippen LogP contribution in [0.2, 0.25) is 0 Å². The maximum atomic E-state index is 2.43. The van der Waals surface area contributed by atoms with Crippen molar-refractivity contribution in [3.8, 4) is 44.5 Å². The van der Waals surface area contributed by atoms with E-state index in [2.05, 4.69) is 277 Å². The van der Waals surface area contributed by atoms with Gasteiger partial charge in [-0.15, -0.1) is 0 Å². The number of benzene rings is 12. The SMILES string of the molecule is c1ccc(-c2ccc(N(c3ccc(-c4ccc(N(c5ccc6c(c5)-c5ccc7ccccc7c5C6)c5cccc6ccccc56)cc4)cc3)c3ccc(-c4cccc5ccccc45)cc3)cc2)cc1. The second-order valence-electron chi connectivity index (χ2n) is 18.1. The minimum atomic E-state index is 0.949. The Morgan fingerprint density at radius 2 is 0.696 bits per heavy atom. The Labute approximate surface area is 403 Å². The number of anilines is 6. The monoisotopic (exact) mass is 878 g/mol. The lowest BCUT2D eigenvalue weighted by molar-refractivity contribution is 1.26. The second kappa shape index (κ2) is 17.0. The summed E-state index contributed by atoms with van der Waals surface area (Å²) in [4.78, 5) is 4.79. The number of hydrogen-bond donors (Lipinski definition) is 0. The van der Waals surface area contributed by atoms with Crippen LogP contribution in [0.4, 0.5) is 34.1 Å². The van der Waals surface area contributed by atoms with Crippen molar-refractivity contribution in [2.24, 2.45) is 0 Å². The summed E-state index contributed by atoms with van der Waals surface area (Å²) in [6.45, 7) is 0. The van der Waals surface area contributed by atoms with Gasteiger partial charge in [-0.05, 0) is 156 Å². The number of rotatable bonds is 9. The van der Waals surface area contributed by atoms with E-state index in [0.717, 1.165) is 51.7 Å². The Balaban J connectivity index is 0.853. The highest BCUT2D eigenvalue weighted by atomic mass is 15.1. The first-order chi connectivity index (χ1) is 34.2. The van der Waals surface area contributed by atoms with E-state index in [-0.39, 0.29) is 0 Å². The van der Waals surface area contributed by atoms with E-state index in [4.69, 9.17) is 0 Å². The average molecular weight is 879 g/mol. The number of nitrogens with zero attached hydrogens (tertiary/aromatic N) is 2. The maximum absolute atomic E-state index is 2.43. The molecular formula is C67H46N2. The van der Waals surface area contributed by atoms with Crippen molar-refractivity contribution in [2.45, 2.75) is 6.42 Å². The average Bonchev–Trinajstić information content (AvgIpc) is 3.81. The van der Waals surface area contributed by atoms with Gasteiger partial charge in [-0.1, -0.05) is 200 Å². The fourth-order valence-corrected chi connectivity index (χ4v) is 10.7. The molecule has 0 N–H and O–H groups in total. The quantitative estimate of drug-likeness (QED) is 0.143. The summed E-state index contributed by atoms with van der Waals surface area (Å²) in [6.07, 6.45) is 0.949. The summed E-state index contributed by atoms with van der Waals surface area (Å²) in [5.74, 6) is 0. The van der Waals surface area contributed by atoms with Crippen LogP contribution in [0.15, 0.2) is 267 Å². The summed E-state index contributed by atoms with van der Waals surface area (Å²) in [6, 6.07) is 97.5. The van der Waals surface area contributed by atoms with E-state index in [0.29, 0.717) is 0 Å². The van der Waals surface area contributed by atoms with E-state index >= 15 is 0 Å². The standard InChI is InChI=1S/C67H46N2/c1-2-12-46(13-3-1)47-24-34-55(35-25-47)68(57-40-30-53(31-41-57)61-22-10-17-50-14-4-7-19-60(50)61)56-36-26-48(27-37-56)49-28-38-58(39-29-49)69(67-23-11-18-51-15-6-9-21-63(51)67)59-42-32-54-44-66-62-20-8-5-16-52(62)33-43-64(66)65(54)45-59/h1-43,45H,44H2. The van der Waals surface area contributed by atoms with Gasteiger partial charge in [0.25, 0.3) is 0 Å². The molecule has 1 aliphatic rings. The third-order valence-corrected chi connectivity index (χ3v) is 14.1. The van der Waals surface area contributed by atoms with Crippen LogP contribution in [-0.2, 0) is 6.42 Å². The summed E-state index contributed by atoms with van der Waals surface area (Å²) in [5, 5.41) is 7.58. The van der Waals surface area contributed by atoms with Gasteiger partial charge in [0.05, 0.1) is 5.69 Å². The Kier molecular flexibility index (Phi) is 9.95. The zero-order valence-corrected chi connectivity index (χ0v) is 38.0. The molecule has 0 bridgehead atoms. The third kappa shape index (κ3) is 7.31. The highest BCUT2D eigenvalue weighted by Gasteiger charge is 2.24. The Morgan fingerprint density at radius 3 is 1.32 bits per heavy atom. The lowest BCUT2D eigenvalue weighted by Gasteiger charge is -2.28. The fourth-order valence-electron chi connectivity index (χ4n) is 10.7.